The number of aryl methyl sites for hydroxylation is 2. The Hall–Kier alpha value is -5.80. The van der Waals surface area contributed by atoms with E-state index < -0.39 is 65.2 Å². The number of H-pyrrole nitrogens is 2. The number of rotatable bonds is 7. The Labute approximate surface area is 334 Å². The molecule has 0 saturated carbocycles. The molecule has 59 heavy (non-hydrogen) atoms. The zero-order valence-corrected chi connectivity index (χ0v) is 33.3. The van der Waals surface area contributed by atoms with Gasteiger partial charge in [0.2, 0.25) is 0 Å². The summed E-state index contributed by atoms with van der Waals surface area (Å²) in [5.41, 5.74) is 1.14. The number of aromatic nitrogens is 4. The smallest absolute Gasteiger partial charge is 0.416 e. The van der Waals surface area contributed by atoms with Crippen LogP contribution in [0.2, 0.25) is 0 Å². The number of esters is 1. The Morgan fingerprint density at radius 2 is 1.32 bits per heavy atom. The molecular formula is C43H41F6N5O5. The van der Waals surface area contributed by atoms with E-state index >= 15 is 0 Å². The number of nitrogens with one attached hydrogen (secondary N) is 2. The van der Waals surface area contributed by atoms with Gasteiger partial charge in [-0.2, -0.15) is 26.3 Å². The number of fused-ring (bicyclic) bond motifs is 8. The number of benzene rings is 1. The molecule has 2 amide bonds. The van der Waals surface area contributed by atoms with Crippen LogP contribution in [0.5, 0.6) is 0 Å². The number of amides is 2. The van der Waals surface area contributed by atoms with Crippen LogP contribution >= 0.6 is 0 Å². The summed E-state index contributed by atoms with van der Waals surface area (Å²) in [7, 11) is 1.23. The van der Waals surface area contributed by atoms with Gasteiger partial charge in [-0.05, 0) is 86.7 Å². The lowest BCUT2D eigenvalue weighted by Gasteiger charge is -2.27. The SMILES string of the molecule is CC[C@H]1c2cc3[nH]c4c(c5nc(cc6[nH]c(cc(n2)[C@@H]1C)c(C(C)=O)c6C)[C@@H](C)[C@@H]5CCC(=O)OC)C(=O)N(Cc1cc(C(F)(F)F)cc(C(F)(F)F)c1)C(=O)c4c3C. The van der Waals surface area contributed by atoms with Crippen molar-refractivity contribution in [3.63, 3.8) is 0 Å². The molecular weight excluding hydrogens is 780 g/mol. The third-order valence-electron chi connectivity index (χ3n) is 12.0. The molecule has 0 aliphatic carbocycles. The van der Waals surface area contributed by atoms with Crippen LogP contribution in [-0.2, 0) is 28.4 Å². The summed E-state index contributed by atoms with van der Waals surface area (Å²) in [6.07, 6.45) is -9.63. The highest BCUT2D eigenvalue weighted by Gasteiger charge is 2.43. The van der Waals surface area contributed by atoms with Gasteiger partial charge in [0, 0.05) is 63.8 Å². The predicted molar refractivity (Wildman–Crippen MR) is 205 cm³/mol. The molecule has 0 unspecified atom stereocenters. The van der Waals surface area contributed by atoms with Crippen molar-refractivity contribution in [1.29, 1.82) is 0 Å². The molecule has 10 nitrogen and oxygen atoms in total. The summed E-state index contributed by atoms with van der Waals surface area (Å²) in [5, 5.41) is 0. The van der Waals surface area contributed by atoms with Gasteiger partial charge in [0.05, 0.1) is 52.6 Å². The number of imide groups is 1. The van der Waals surface area contributed by atoms with E-state index in [4.69, 9.17) is 14.7 Å². The number of carbonyl (C=O) groups excluding carboxylic acids is 4. The first-order chi connectivity index (χ1) is 27.6. The third kappa shape index (κ3) is 7.20. The Balaban J connectivity index is 1.58. The number of hydrogen-bond donors (Lipinski definition) is 2. The maximum Gasteiger partial charge on any atom is 0.416 e. The van der Waals surface area contributed by atoms with E-state index in [1.54, 1.807) is 26.0 Å². The molecule has 3 aliphatic heterocycles. The molecule has 0 saturated heterocycles. The van der Waals surface area contributed by atoms with Crippen molar-refractivity contribution in [2.75, 3.05) is 7.11 Å². The molecule has 16 heteroatoms. The summed E-state index contributed by atoms with van der Waals surface area (Å²) in [6, 6.07) is 6.33. The average molecular weight is 822 g/mol. The summed E-state index contributed by atoms with van der Waals surface area (Å²) < 4.78 is 88.6. The fourth-order valence-electron chi connectivity index (χ4n) is 8.74. The minimum atomic E-state index is -5.17. The molecule has 6 heterocycles. The van der Waals surface area contributed by atoms with Crippen LogP contribution in [0.15, 0.2) is 36.4 Å². The van der Waals surface area contributed by atoms with Crippen molar-refractivity contribution in [2.45, 2.75) is 103 Å². The van der Waals surface area contributed by atoms with Crippen LogP contribution < -0.4 is 0 Å². The average Bonchev–Trinajstić information content (AvgIpc) is 3.84. The van der Waals surface area contributed by atoms with Crippen molar-refractivity contribution in [1.82, 2.24) is 24.8 Å². The van der Waals surface area contributed by atoms with Gasteiger partial charge in [-0.25, -0.2) is 0 Å². The molecule has 8 bridgehead atoms. The minimum Gasteiger partial charge on any atom is -0.469 e. The van der Waals surface area contributed by atoms with Gasteiger partial charge < -0.3 is 14.7 Å². The molecule has 0 spiro atoms. The van der Waals surface area contributed by atoms with Gasteiger partial charge in [-0.3, -0.25) is 34.0 Å². The number of hydrogen-bond acceptors (Lipinski definition) is 7. The van der Waals surface area contributed by atoms with Crippen LogP contribution in [0, 0.1) is 13.8 Å². The molecule has 310 valence electrons. The molecule has 4 aromatic rings. The summed E-state index contributed by atoms with van der Waals surface area (Å²) in [4.78, 5) is 72.2. The van der Waals surface area contributed by atoms with E-state index in [-0.39, 0.29) is 58.9 Å². The number of methoxy groups -OCH3 is 1. The highest BCUT2D eigenvalue weighted by Crippen LogP contribution is 2.45. The van der Waals surface area contributed by atoms with Gasteiger partial charge in [-0.15, -0.1) is 0 Å². The molecule has 7 rings (SSSR count). The Morgan fingerprint density at radius 1 is 0.763 bits per heavy atom. The first-order valence-corrected chi connectivity index (χ1v) is 19.1. The summed E-state index contributed by atoms with van der Waals surface area (Å²) >= 11 is 0. The maximum absolute atomic E-state index is 14.9. The lowest BCUT2D eigenvalue weighted by Crippen LogP contribution is -2.40. The number of Topliss-reactive ketones (excluding diaryl/α,β-unsaturated/α-hetero) is 1. The van der Waals surface area contributed by atoms with Crippen molar-refractivity contribution in [3.05, 3.63) is 104 Å². The minimum absolute atomic E-state index is 0.0105. The number of ether oxygens (including phenoxy) is 1. The van der Waals surface area contributed by atoms with Crippen LogP contribution in [0.1, 0.15) is 152 Å². The first-order valence-electron chi connectivity index (χ1n) is 19.1. The van der Waals surface area contributed by atoms with E-state index in [1.807, 2.05) is 26.8 Å². The summed E-state index contributed by atoms with van der Waals surface area (Å²) in [5.74, 6) is -3.98. The number of halogens is 6. The van der Waals surface area contributed by atoms with Crippen molar-refractivity contribution >= 4 is 45.6 Å². The van der Waals surface area contributed by atoms with E-state index in [9.17, 15) is 45.5 Å². The quantitative estimate of drug-likeness (QED) is 0.0819. The van der Waals surface area contributed by atoms with Crippen molar-refractivity contribution in [3.8, 4) is 0 Å². The van der Waals surface area contributed by atoms with Crippen LogP contribution in [0.4, 0.5) is 26.3 Å². The van der Waals surface area contributed by atoms with E-state index in [1.165, 1.54) is 14.0 Å². The molecule has 0 fully saturated rings. The van der Waals surface area contributed by atoms with Crippen molar-refractivity contribution in [2.24, 2.45) is 0 Å². The second-order valence-electron chi connectivity index (χ2n) is 15.5. The van der Waals surface area contributed by atoms with Crippen LogP contribution in [0.3, 0.4) is 0 Å². The highest BCUT2D eigenvalue weighted by atomic mass is 19.4. The van der Waals surface area contributed by atoms with Crippen molar-refractivity contribution < 1.29 is 50.3 Å². The van der Waals surface area contributed by atoms with E-state index in [0.29, 0.717) is 73.8 Å². The Kier molecular flexibility index (Phi) is 10.4. The highest BCUT2D eigenvalue weighted by molar-refractivity contribution is 6.23. The Morgan fingerprint density at radius 3 is 1.92 bits per heavy atom. The second-order valence-corrected chi connectivity index (χ2v) is 15.5. The van der Waals surface area contributed by atoms with Gasteiger partial charge in [-0.1, -0.05) is 20.8 Å². The topological polar surface area (TPSA) is 138 Å². The fraction of sp³-hybridized carbons (Fsp3) is 0.395. The van der Waals surface area contributed by atoms with Gasteiger partial charge in [0.25, 0.3) is 11.8 Å². The lowest BCUT2D eigenvalue weighted by molar-refractivity contribution is -0.143. The van der Waals surface area contributed by atoms with Gasteiger partial charge in [0.15, 0.2) is 5.78 Å². The first kappa shape index (κ1) is 41.4. The predicted octanol–water partition coefficient (Wildman–Crippen LogP) is 10.1. The monoisotopic (exact) mass is 821 g/mol. The normalized spacial score (nSPS) is 19.4. The number of nitrogens with zero attached hydrogens (tertiary/aromatic N) is 3. The maximum atomic E-state index is 14.9. The standard InChI is InChI=1S/C43H41F6N5O5/c1-8-26-18(2)28-16-33-35(22(6)55)20(4)30(51-33)14-29-19(3)27(9-10-34(56)59-7)38(52-29)37-39-36(21(5)31(53-39)15-32(26)50-28)40(57)54(41(37)58)17-23-11-24(42(44,45)46)13-25(12-23)43(47,48)49/h11-16,18-19,26-27,51,53H,8-10,17H2,1-7H3/t18-,19+,26-,27+/m1/s1. The molecule has 4 atom stereocenters. The Bertz CT molecular complexity index is 2590. The zero-order chi connectivity index (χ0) is 43.0. The number of aromatic amines is 2. The van der Waals surface area contributed by atoms with Crippen LogP contribution in [0.25, 0.3) is 22.1 Å². The molecule has 3 aromatic heterocycles. The number of ketones is 1. The lowest BCUT2D eigenvalue weighted by atomic mass is 9.84. The second kappa shape index (κ2) is 14.8. The summed E-state index contributed by atoms with van der Waals surface area (Å²) in [6.45, 7) is 9.82. The zero-order valence-electron chi connectivity index (χ0n) is 33.3. The van der Waals surface area contributed by atoms with Gasteiger partial charge in [0.1, 0.15) is 0 Å². The van der Waals surface area contributed by atoms with Gasteiger partial charge >= 0.3 is 18.3 Å². The molecule has 1 aromatic carbocycles. The molecule has 3 aliphatic rings. The number of carbonyl (C=O) groups is 4. The van der Waals surface area contributed by atoms with E-state index in [0.717, 1.165) is 0 Å². The fourth-order valence-corrected chi connectivity index (χ4v) is 8.74. The van der Waals surface area contributed by atoms with Crippen LogP contribution in [-0.4, -0.2) is 55.5 Å². The molecule has 0 radical (unpaired) electrons. The largest absolute Gasteiger partial charge is 0.469 e. The van der Waals surface area contributed by atoms with E-state index in [2.05, 4.69) is 9.97 Å². The molecule has 2 N–H and O–H groups in total. The third-order valence-corrected chi connectivity index (χ3v) is 12.0. The number of alkyl halides is 6.